The monoisotopic (exact) mass is 299 g/mol. The third-order valence-corrected chi connectivity index (χ3v) is 3.45. The molecule has 1 heterocycles. The van der Waals surface area contributed by atoms with Crippen molar-refractivity contribution < 1.29 is 14.3 Å². The number of ether oxygens (including phenoxy) is 1. The molecule has 1 rings (SSSR count). The predicted molar refractivity (Wildman–Crippen MR) is 77.7 cm³/mol. The Labute approximate surface area is 123 Å². The van der Waals surface area contributed by atoms with Crippen molar-refractivity contribution in [1.29, 1.82) is 0 Å². The van der Waals surface area contributed by atoms with Crippen LogP contribution in [0.15, 0.2) is 5.38 Å². The zero-order chi connectivity index (χ0) is 15.0. The maximum atomic E-state index is 11.6. The molecule has 0 bridgehead atoms. The topological polar surface area (TPSA) is 71.5 Å². The van der Waals surface area contributed by atoms with E-state index in [2.05, 4.69) is 10.3 Å². The molecule has 0 aliphatic rings. The van der Waals surface area contributed by atoms with Crippen LogP contribution in [0, 0.1) is 0 Å². The Morgan fingerprint density at radius 2 is 2.15 bits per heavy atom. The van der Waals surface area contributed by atoms with Crippen molar-refractivity contribution >= 4 is 23.2 Å². The molecule has 112 valence electrons. The molecule has 0 aliphatic carbocycles. The molecule has 0 saturated heterocycles. The second-order valence-electron chi connectivity index (χ2n) is 4.12. The minimum atomic E-state index is -0.393. The van der Waals surface area contributed by atoms with Gasteiger partial charge in [0.15, 0.2) is 0 Å². The highest BCUT2D eigenvalue weighted by atomic mass is 32.1. The van der Waals surface area contributed by atoms with Crippen molar-refractivity contribution in [2.45, 2.75) is 27.3 Å². The fourth-order valence-electron chi connectivity index (χ4n) is 1.63. The normalized spacial score (nSPS) is 10.6. The van der Waals surface area contributed by atoms with Crippen molar-refractivity contribution in [1.82, 2.24) is 15.2 Å². The summed E-state index contributed by atoms with van der Waals surface area (Å²) in [5.74, 6) is -0.397. The number of nitrogens with zero attached hydrogens (tertiary/aromatic N) is 2. The number of carbonyl (C=O) groups excluding carboxylic acids is 2. The van der Waals surface area contributed by atoms with Gasteiger partial charge in [0.05, 0.1) is 18.8 Å². The lowest BCUT2D eigenvalue weighted by molar-refractivity contribution is -0.122. The highest BCUT2D eigenvalue weighted by molar-refractivity contribution is 7.11. The van der Waals surface area contributed by atoms with E-state index in [0.29, 0.717) is 31.2 Å². The number of amides is 1. The lowest BCUT2D eigenvalue weighted by atomic mass is 10.4. The van der Waals surface area contributed by atoms with Gasteiger partial charge in [-0.2, -0.15) is 0 Å². The fourth-order valence-corrected chi connectivity index (χ4v) is 2.33. The number of hydrogen-bond donors (Lipinski definition) is 1. The van der Waals surface area contributed by atoms with Crippen LogP contribution >= 0.6 is 11.3 Å². The first-order chi connectivity index (χ1) is 9.60. The Kier molecular flexibility index (Phi) is 7.17. The zero-order valence-corrected chi connectivity index (χ0v) is 13.0. The molecule has 1 aromatic rings. The summed E-state index contributed by atoms with van der Waals surface area (Å²) >= 11 is 1.27. The van der Waals surface area contributed by atoms with Gasteiger partial charge in [-0.1, -0.05) is 6.92 Å². The molecule has 0 atom stereocenters. The Morgan fingerprint density at radius 3 is 2.75 bits per heavy atom. The molecule has 1 aromatic heterocycles. The molecule has 0 unspecified atom stereocenters. The number of rotatable bonds is 8. The lowest BCUT2D eigenvalue weighted by Crippen LogP contribution is -2.36. The van der Waals surface area contributed by atoms with Crippen molar-refractivity contribution in [2.24, 2.45) is 0 Å². The van der Waals surface area contributed by atoms with Gasteiger partial charge in [0.1, 0.15) is 0 Å². The van der Waals surface area contributed by atoms with Crippen LogP contribution in [0.25, 0.3) is 0 Å². The van der Waals surface area contributed by atoms with E-state index in [0.717, 1.165) is 12.2 Å². The molecule has 7 heteroatoms. The van der Waals surface area contributed by atoms with E-state index in [4.69, 9.17) is 4.74 Å². The first-order valence-electron chi connectivity index (χ1n) is 6.71. The maximum absolute atomic E-state index is 11.6. The number of nitrogens with one attached hydrogen (secondary N) is 1. The third-order valence-electron chi connectivity index (χ3n) is 2.58. The molecule has 1 N–H and O–H groups in total. The van der Waals surface area contributed by atoms with E-state index < -0.39 is 5.97 Å². The number of thiazole rings is 1. The molecule has 0 saturated carbocycles. The number of aromatic nitrogens is 1. The number of esters is 1. The van der Waals surface area contributed by atoms with Gasteiger partial charge in [-0.05, 0) is 20.4 Å². The van der Waals surface area contributed by atoms with Crippen molar-refractivity contribution in [3.05, 3.63) is 16.1 Å². The quantitative estimate of drug-likeness (QED) is 0.732. The van der Waals surface area contributed by atoms with E-state index in [1.807, 2.05) is 24.1 Å². The molecule has 0 spiro atoms. The first-order valence-corrected chi connectivity index (χ1v) is 7.59. The summed E-state index contributed by atoms with van der Waals surface area (Å²) in [6.45, 7) is 8.21. The molecule has 20 heavy (non-hydrogen) atoms. The van der Waals surface area contributed by atoms with Crippen molar-refractivity contribution in [2.75, 3.05) is 26.2 Å². The molecule has 0 fully saturated rings. The SMILES string of the molecule is CCNC(=O)CN(CC)Cc1csc(C(=O)OCC)n1. The molecule has 1 amide bonds. The minimum Gasteiger partial charge on any atom is -0.461 e. The van der Waals surface area contributed by atoms with Crippen molar-refractivity contribution in [3.63, 3.8) is 0 Å². The summed E-state index contributed by atoms with van der Waals surface area (Å²) in [4.78, 5) is 29.3. The first kappa shape index (κ1) is 16.6. The van der Waals surface area contributed by atoms with Gasteiger partial charge >= 0.3 is 5.97 Å². The predicted octanol–water partition coefficient (Wildman–Crippen LogP) is 1.28. The summed E-state index contributed by atoms with van der Waals surface area (Å²) in [5.41, 5.74) is 0.782. The Hall–Kier alpha value is -1.47. The highest BCUT2D eigenvalue weighted by Crippen LogP contribution is 2.13. The average molecular weight is 299 g/mol. The van der Waals surface area contributed by atoms with E-state index in [-0.39, 0.29) is 5.91 Å². The number of hydrogen-bond acceptors (Lipinski definition) is 6. The largest absolute Gasteiger partial charge is 0.461 e. The van der Waals surface area contributed by atoms with Crippen LogP contribution in [-0.4, -0.2) is 48.0 Å². The highest BCUT2D eigenvalue weighted by Gasteiger charge is 2.15. The van der Waals surface area contributed by atoms with Crippen LogP contribution in [-0.2, 0) is 16.1 Å². The second-order valence-corrected chi connectivity index (χ2v) is 4.98. The van der Waals surface area contributed by atoms with Gasteiger partial charge in [0, 0.05) is 18.5 Å². The summed E-state index contributed by atoms with van der Waals surface area (Å²) < 4.78 is 4.90. The standard InChI is InChI=1S/C13H21N3O3S/c1-4-14-11(17)8-16(5-2)7-10-9-20-12(15-10)13(18)19-6-3/h9H,4-8H2,1-3H3,(H,14,17). The van der Waals surface area contributed by atoms with Crippen LogP contribution in [0.2, 0.25) is 0 Å². The van der Waals surface area contributed by atoms with Gasteiger partial charge in [-0.15, -0.1) is 11.3 Å². The zero-order valence-electron chi connectivity index (χ0n) is 12.1. The Balaban J connectivity index is 2.57. The molecule has 6 nitrogen and oxygen atoms in total. The second kappa shape index (κ2) is 8.65. The molecular formula is C13H21N3O3S. The van der Waals surface area contributed by atoms with Crippen LogP contribution in [0.4, 0.5) is 0 Å². The van der Waals surface area contributed by atoms with Crippen molar-refractivity contribution in [3.8, 4) is 0 Å². The fraction of sp³-hybridized carbons (Fsp3) is 0.615. The van der Waals surface area contributed by atoms with Gasteiger partial charge in [-0.3, -0.25) is 9.69 Å². The molecule has 0 aromatic carbocycles. The minimum absolute atomic E-state index is 0.00445. The molecule has 0 radical (unpaired) electrons. The summed E-state index contributed by atoms with van der Waals surface area (Å²) in [6.07, 6.45) is 0. The smallest absolute Gasteiger partial charge is 0.367 e. The summed E-state index contributed by atoms with van der Waals surface area (Å²) in [6, 6.07) is 0. The Bertz CT molecular complexity index is 448. The van der Waals surface area contributed by atoms with Crippen LogP contribution in [0.3, 0.4) is 0 Å². The average Bonchev–Trinajstić information content (AvgIpc) is 2.87. The van der Waals surface area contributed by atoms with Gasteiger partial charge < -0.3 is 10.1 Å². The van der Waals surface area contributed by atoms with Gasteiger partial charge in [-0.25, -0.2) is 9.78 Å². The van der Waals surface area contributed by atoms with Gasteiger partial charge in [0.25, 0.3) is 0 Å². The number of likely N-dealkylation sites (N-methyl/N-ethyl adjacent to an activating group) is 2. The summed E-state index contributed by atoms with van der Waals surface area (Å²) in [5, 5.41) is 4.95. The van der Waals surface area contributed by atoms with Crippen LogP contribution in [0.5, 0.6) is 0 Å². The van der Waals surface area contributed by atoms with Gasteiger partial charge in [0.2, 0.25) is 10.9 Å². The Morgan fingerprint density at radius 1 is 1.40 bits per heavy atom. The summed E-state index contributed by atoms with van der Waals surface area (Å²) in [7, 11) is 0. The van der Waals surface area contributed by atoms with E-state index in [9.17, 15) is 9.59 Å². The van der Waals surface area contributed by atoms with E-state index in [1.165, 1.54) is 11.3 Å². The van der Waals surface area contributed by atoms with Crippen LogP contribution in [0.1, 0.15) is 36.3 Å². The maximum Gasteiger partial charge on any atom is 0.367 e. The number of carbonyl (C=O) groups is 2. The van der Waals surface area contributed by atoms with E-state index >= 15 is 0 Å². The lowest BCUT2D eigenvalue weighted by Gasteiger charge is -2.18. The molecular weight excluding hydrogens is 278 g/mol. The van der Waals surface area contributed by atoms with E-state index in [1.54, 1.807) is 6.92 Å². The third kappa shape index (κ3) is 5.26. The molecule has 0 aliphatic heterocycles. The van der Waals surface area contributed by atoms with Crippen LogP contribution < -0.4 is 5.32 Å².